The first-order valence-electron chi connectivity index (χ1n) is 8.06. The number of piperazine rings is 1. The van der Waals surface area contributed by atoms with Gasteiger partial charge in [-0.25, -0.2) is 0 Å². The maximum atomic E-state index is 3.59. The van der Waals surface area contributed by atoms with E-state index in [2.05, 4.69) is 46.3 Å². The molecular weight excluding hydrogens is 246 g/mol. The molecule has 110 valence electrons. The molecule has 20 heavy (non-hydrogen) atoms. The Hall–Kier alpha value is -1.06. The van der Waals surface area contributed by atoms with Crippen molar-refractivity contribution in [1.82, 2.24) is 10.2 Å². The van der Waals surface area contributed by atoms with Crippen molar-refractivity contribution in [3.63, 3.8) is 0 Å². The highest BCUT2D eigenvalue weighted by atomic mass is 15.3. The molecule has 1 saturated carbocycles. The summed E-state index contributed by atoms with van der Waals surface area (Å²) in [6.07, 6.45) is 2.89. The van der Waals surface area contributed by atoms with Crippen molar-refractivity contribution in [3.8, 4) is 0 Å². The highest BCUT2D eigenvalue weighted by Crippen LogP contribution is 2.27. The molecule has 0 bridgehead atoms. The molecule has 1 aromatic rings. The summed E-state index contributed by atoms with van der Waals surface area (Å²) in [7, 11) is 0. The Morgan fingerprint density at radius 3 is 2.65 bits per heavy atom. The molecular formula is C17H27N3. The molecule has 0 atom stereocenters. The SMILES string of the molecule is Cc1cccc(N2CCN(CCNCC3CC3)CC2)c1. The summed E-state index contributed by atoms with van der Waals surface area (Å²) in [5.41, 5.74) is 2.74. The Kier molecular flexibility index (Phi) is 4.58. The second-order valence-electron chi connectivity index (χ2n) is 6.32. The Labute approximate surface area is 123 Å². The molecule has 0 radical (unpaired) electrons. The van der Waals surface area contributed by atoms with Gasteiger partial charge >= 0.3 is 0 Å². The molecule has 2 fully saturated rings. The zero-order valence-corrected chi connectivity index (χ0v) is 12.6. The van der Waals surface area contributed by atoms with E-state index in [4.69, 9.17) is 0 Å². The average molecular weight is 273 g/mol. The normalized spacial score (nSPS) is 20.4. The van der Waals surface area contributed by atoms with Crippen molar-refractivity contribution >= 4 is 5.69 Å². The van der Waals surface area contributed by atoms with Gasteiger partial charge in [0.15, 0.2) is 0 Å². The third-order valence-electron chi connectivity index (χ3n) is 4.47. The lowest BCUT2D eigenvalue weighted by molar-refractivity contribution is 0.257. The fourth-order valence-electron chi connectivity index (χ4n) is 2.92. The smallest absolute Gasteiger partial charge is 0.0369 e. The average Bonchev–Trinajstić information content (AvgIpc) is 3.28. The lowest BCUT2D eigenvalue weighted by atomic mass is 10.2. The number of rotatable bonds is 6. The Bertz CT molecular complexity index is 420. The number of benzene rings is 1. The van der Waals surface area contributed by atoms with Crippen molar-refractivity contribution in [2.24, 2.45) is 5.92 Å². The van der Waals surface area contributed by atoms with Crippen molar-refractivity contribution in [3.05, 3.63) is 29.8 Å². The highest BCUT2D eigenvalue weighted by Gasteiger charge is 2.20. The number of aryl methyl sites for hydroxylation is 1. The topological polar surface area (TPSA) is 18.5 Å². The first kappa shape index (κ1) is 13.9. The van der Waals surface area contributed by atoms with Gasteiger partial charge < -0.3 is 10.2 Å². The van der Waals surface area contributed by atoms with E-state index in [1.165, 1.54) is 50.3 Å². The molecule has 3 nitrogen and oxygen atoms in total. The predicted octanol–water partition coefficient (Wildman–Crippen LogP) is 2.12. The van der Waals surface area contributed by atoms with Crippen molar-refractivity contribution < 1.29 is 0 Å². The second kappa shape index (κ2) is 6.59. The Morgan fingerprint density at radius 2 is 1.95 bits per heavy atom. The molecule has 1 N–H and O–H groups in total. The summed E-state index contributed by atoms with van der Waals surface area (Å²) in [5.74, 6) is 0.994. The predicted molar refractivity (Wildman–Crippen MR) is 85.4 cm³/mol. The number of nitrogens with zero attached hydrogens (tertiary/aromatic N) is 2. The molecule has 1 aliphatic heterocycles. The van der Waals surface area contributed by atoms with Gasteiger partial charge in [0.25, 0.3) is 0 Å². The Balaban J connectivity index is 1.37. The summed E-state index contributed by atoms with van der Waals surface area (Å²) < 4.78 is 0. The van der Waals surface area contributed by atoms with Crippen LogP contribution in [0.5, 0.6) is 0 Å². The van der Waals surface area contributed by atoms with E-state index in [0.29, 0.717) is 0 Å². The van der Waals surface area contributed by atoms with Crippen LogP contribution < -0.4 is 10.2 Å². The molecule has 0 amide bonds. The van der Waals surface area contributed by atoms with E-state index in [1.54, 1.807) is 0 Å². The monoisotopic (exact) mass is 273 g/mol. The molecule has 1 aromatic carbocycles. The van der Waals surface area contributed by atoms with Gasteiger partial charge in [0.2, 0.25) is 0 Å². The van der Waals surface area contributed by atoms with Gasteiger partial charge in [-0.3, -0.25) is 4.90 Å². The minimum Gasteiger partial charge on any atom is -0.369 e. The highest BCUT2D eigenvalue weighted by molar-refractivity contribution is 5.48. The van der Waals surface area contributed by atoms with Crippen LogP contribution in [-0.4, -0.2) is 50.7 Å². The molecule has 3 rings (SSSR count). The van der Waals surface area contributed by atoms with Crippen molar-refractivity contribution in [2.75, 3.05) is 50.7 Å². The van der Waals surface area contributed by atoms with Crippen LogP contribution in [0.25, 0.3) is 0 Å². The number of hydrogen-bond donors (Lipinski definition) is 1. The largest absolute Gasteiger partial charge is 0.369 e. The van der Waals surface area contributed by atoms with Gasteiger partial charge in [-0.1, -0.05) is 12.1 Å². The van der Waals surface area contributed by atoms with E-state index < -0.39 is 0 Å². The molecule has 1 saturated heterocycles. The Morgan fingerprint density at radius 1 is 1.15 bits per heavy atom. The van der Waals surface area contributed by atoms with Crippen molar-refractivity contribution in [2.45, 2.75) is 19.8 Å². The number of nitrogens with one attached hydrogen (secondary N) is 1. The molecule has 1 aliphatic carbocycles. The fraction of sp³-hybridized carbons (Fsp3) is 0.647. The van der Waals surface area contributed by atoms with Gasteiger partial charge in [-0.15, -0.1) is 0 Å². The van der Waals surface area contributed by atoms with Crippen LogP contribution in [-0.2, 0) is 0 Å². The van der Waals surface area contributed by atoms with Crippen LogP contribution in [0.2, 0.25) is 0 Å². The lowest BCUT2D eigenvalue weighted by Crippen LogP contribution is -2.48. The van der Waals surface area contributed by atoms with Gasteiger partial charge in [0.1, 0.15) is 0 Å². The van der Waals surface area contributed by atoms with Gasteiger partial charge in [-0.2, -0.15) is 0 Å². The summed E-state index contributed by atoms with van der Waals surface area (Å²) in [6.45, 7) is 10.5. The fourth-order valence-corrected chi connectivity index (χ4v) is 2.92. The maximum absolute atomic E-state index is 3.59. The van der Waals surface area contributed by atoms with Crippen LogP contribution >= 0.6 is 0 Å². The van der Waals surface area contributed by atoms with Crippen LogP contribution in [0.1, 0.15) is 18.4 Å². The van der Waals surface area contributed by atoms with Crippen LogP contribution in [0.15, 0.2) is 24.3 Å². The summed E-state index contributed by atoms with van der Waals surface area (Å²) >= 11 is 0. The van der Waals surface area contributed by atoms with E-state index >= 15 is 0 Å². The zero-order valence-electron chi connectivity index (χ0n) is 12.6. The second-order valence-corrected chi connectivity index (χ2v) is 6.32. The van der Waals surface area contributed by atoms with Gasteiger partial charge in [-0.05, 0) is 49.9 Å². The molecule has 2 aliphatic rings. The first-order chi connectivity index (χ1) is 9.81. The van der Waals surface area contributed by atoms with E-state index in [-0.39, 0.29) is 0 Å². The van der Waals surface area contributed by atoms with E-state index in [1.807, 2.05) is 0 Å². The number of hydrogen-bond acceptors (Lipinski definition) is 3. The van der Waals surface area contributed by atoms with E-state index in [0.717, 1.165) is 25.6 Å². The van der Waals surface area contributed by atoms with Gasteiger partial charge in [0.05, 0.1) is 0 Å². The zero-order chi connectivity index (χ0) is 13.8. The van der Waals surface area contributed by atoms with Gasteiger partial charge in [0, 0.05) is 45.0 Å². The molecule has 1 heterocycles. The molecule has 0 aromatic heterocycles. The third kappa shape index (κ3) is 3.97. The first-order valence-corrected chi connectivity index (χ1v) is 8.06. The molecule has 0 spiro atoms. The maximum Gasteiger partial charge on any atom is 0.0369 e. The minimum atomic E-state index is 0.994. The van der Waals surface area contributed by atoms with E-state index in [9.17, 15) is 0 Å². The summed E-state index contributed by atoms with van der Waals surface area (Å²) in [6, 6.07) is 8.87. The van der Waals surface area contributed by atoms with Crippen LogP contribution in [0, 0.1) is 12.8 Å². The summed E-state index contributed by atoms with van der Waals surface area (Å²) in [5, 5.41) is 3.59. The third-order valence-corrected chi connectivity index (χ3v) is 4.47. The molecule has 0 unspecified atom stereocenters. The minimum absolute atomic E-state index is 0.994. The summed E-state index contributed by atoms with van der Waals surface area (Å²) in [4.78, 5) is 5.10. The standard InChI is InChI=1S/C17H27N3/c1-15-3-2-4-17(13-15)20-11-9-19(10-12-20)8-7-18-14-16-5-6-16/h2-4,13,16,18H,5-12,14H2,1H3. The number of anilines is 1. The quantitative estimate of drug-likeness (QED) is 0.801. The molecule has 3 heteroatoms. The van der Waals surface area contributed by atoms with Crippen LogP contribution in [0.4, 0.5) is 5.69 Å². The lowest BCUT2D eigenvalue weighted by Gasteiger charge is -2.36. The van der Waals surface area contributed by atoms with Crippen molar-refractivity contribution in [1.29, 1.82) is 0 Å². The van der Waals surface area contributed by atoms with Crippen LogP contribution in [0.3, 0.4) is 0 Å².